The van der Waals surface area contributed by atoms with Crippen molar-refractivity contribution >= 4 is 23.2 Å². The van der Waals surface area contributed by atoms with Crippen molar-refractivity contribution in [3.05, 3.63) is 71.7 Å². The molecule has 5 heteroatoms. The molecule has 1 aromatic heterocycles. The number of anilines is 1. The highest BCUT2D eigenvalue weighted by atomic mass is 35.5. The van der Waals surface area contributed by atoms with Crippen LogP contribution in [0, 0.1) is 0 Å². The second-order valence-corrected chi connectivity index (χ2v) is 4.79. The van der Waals surface area contributed by atoms with Crippen LogP contribution in [-0.4, -0.2) is 10.9 Å². The Morgan fingerprint density at radius 3 is 2.48 bits per heavy atom. The number of benzene rings is 2. The van der Waals surface area contributed by atoms with Crippen molar-refractivity contribution in [1.29, 1.82) is 0 Å². The first-order valence-electron chi connectivity index (χ1n) is 6.30. The minimum absolute atomic E-state index is 0.237. The molecule has 0 radical (unpaired) electrons. The maximum Gasteiger partial charge on any atom is 0.278 e. The zero-order valence-corrected chi connectivity index (χ0v) is 11.7. The molecule has 0 aliphatic carbocycles. The van der Waals surface area contributed by atoms with E-state index < -0.39 is 0 Å². The number of aromatic nitrogens is 1. The molecule has 0 saturated carbocycles. The highest BCUT2D eigenvalue weighted by Gasteiger charge is 2.18. The van der Waals surface area contributed by atoms with E-state index in [-0.39, 0.29) is 11.6 Å². The Morgan fingerprint density at radius 2 is 1.76 bits per heavy atom. The number of hydrogen-bond donors (Lipinski definition) is 1. The number of rotatable bonds is 3. The number of nitrogens with zero attached hydrogens (tertiary/aromatic N) is 1. The summed E-state index contributed by atoms with van der Waals surface area (Å²) in [6.07, 6.45) is 1.25. The summed E-state index contributed by atoms with van der Waals surface area (Å²) in [7, 11) is 0. The predicted octanol–water partition coefficient (Wildman–Crippen LogP) is 4.25. The summed E-state index contributed by atoms with van der Waals surface area (Å²) in [5.41, 5.74) is 1.68. The minimum Gasteiger partial charge on any atom is -0.443 e. The molecule has 2 aromatic carbocycles. The van der Waals surface area contributed by atoms with Gasteiger partial charge in [0.05, 0.1) is 0 Å². The van der Waals surface area contributed by atoms with Crippen LogP contribution < -0.4 is 5.32 Å². The van der Waals surface area contributed by atoms with Crippen LogP contribution in [0.2, 0.25) is 5.02 Å². The summed E-state index contributed by atoms with van der Waals surface area (Å²) in [5, 5.41) is 3.40. The zero-order valence-electron chi connectivity index (χ0n) is 10.9. The van der Waals surface area contributed by atoms with Gasteiger partial charge in [0.2, 0.25) is 0 Å². The van der Waals surface area contributed by atoms with Crippen LogP contribution in [0.1, 0.15) is 10.5 Å². The Hall–Kier alpha value is -2.59. The number of carbonyl (C=O) groups excluding carboxylic acids is 1. The average Bonchev–Trinajstić information content (AvgIpc) is 2.98. The number of carbonyl (C=O) groups is 1. The van der Waals surface area contributed by atoms with Crippen LogP contribution >= 0.6 is 11.6 Å². The van der Waals surface area contributed by atoms with Gasteiger partial charge in [-0.2, -0.15) is 0 Å². The Balaban J connectivity index is 1.88. The third-order valence-corrected chi connectivity index (χ3v) is 3.17. The molecule has 21 heavy (non-hydrogen) atoms. The van der Waals surface area contributed by atoms with E-state index in [9.17, 15) is 4.79 Å². The van der Waals surface area contributed by atoms with Crippen molar-refractivity contribution in [1.82, 2.24) is 4.98 Å². The van der Waals surface area contributed by atoms with E-state index in [1.54, 1.807) is 36.4 Å². The number of oxazole rings is 1. The third-order valence-electron chi connectivity index (χ3n) is 2.92. The molecule has 4 nitrogen and oxygen atoms in total. The molecule has 104 valence electrons. The van der Waals surface area contributed by atoms with Gasteiger partial charge in [0.1, 0.15) is 0 Å². The van der Waals surface area contributed by atoms with E-state index in [1.807, 2.05) is 18.2 Å². The van der Waals surface area contributed by atoms with E-state index in [4.69, 9.17) is 16.0 Å². The molecule has 0 bridgehead atoms. The van der Waals surface area contributed by atoms with Gasteiger partial charge in [-0.3, -0.25) is 4.79 Å². The molecule has 0 atom stereocenters. The molecule has 0 aliphatic rings. The highest BCUT2D eigenvalue weighted by Crippen LogP contribution is 2.25. The van der Waals surface area contributed by atoms with Gasteiger partial charge in [-0.15, -0.1) is 0 Å². The molecule has 3 rings (SSSR count). The smallest absolute Gasteiger partial charge is 0.278 e. The third kappa shape index (κ3) is 2.95. The summed E-state index contributed by atoms with van der Waals surface area (Å²) in [6, 6.07) is 16.2. The molecule has 0 unspecified atom stereocenters. The maximum atomic E-state index is 12.3. The quantitative estimate of drug-likeness (QED) is 0.786. The van der Waals surface area contributed by atoms with Gasteiger partial charge in [0.25, 0.3) is 5.91 Å². The summed E-state index contributed by atoms with van der Waals surface area (Å²) < 4.78 is 5.33. The van der Waals surface area contributed by atoms with Crippen LogP contribution in [0.15, 0.2) is 65.4 Å². The van der Waals surface area contributed by atoms with Gasteiger partial charge in [0, 0.05) is 16.3 Å². The molecule has 1 heterocycles. The first-order valence-corrected chi connectivity index (χ1v) is 6.67. The molecular weight excluding hydrogens is 288 g/mol. The van der Waals surface area contributed by atoms with Crippen LogP contribution in [0.4, 0.5) is 5.69 Å². The van der Waals surface area contributed by atoms with E-state index in [0.29, 0.717) is 16.5 Å². The molecule has 0 spiro atoms. The van der Waals surface area contributed by atoms with Crippen LogP contribution in [0.3, 0.4) is 0 Å². The van der Waals surface area contributed by atoms with E-state index in [0.717, 1.165) is 5.56 Å². The number of hydrogen-bond acceptors (Lipinski definition) is 3. The SMILES string of the molecule is O=C(Nc1ccccc1)c1ncoc1-c1ccc(Cl)cc1. The molecular formula is C16H11ClN2O2. The number of halogens is 1. The summed E-state index contributed by atoms with van der Waals surface area (Å²) in [5.74, 6) is 0.0972. The van der Waals surface area contributed by atoms with Crippen molar-refractivity contribution < 1.29 is 9.21 Å². The van der Waals surface area contributed by atoms with E-state index in [1.165, 1.54) is 6.39 Å². The molecule has 0 saturated heterocycles. The summed E-state index contributed by atoms with van der Waals surface area (Å²) in [6.45, 7) is 0. The summed E-state index contributed by atoms with van der Waals surface area (Å²) in [4.78, 5) is 16.3. The lowest BCUT2D eigenvalue weighted by Gasteiger charge is -2.04. The fourth-order valence-electron chi connectivity index (χ4n) is 1.93. The lowest BCUT2D eigenvalue weighted by atomic mass is 10.1. The van der Waals surface area contributed by atoms with Gasteiger partial charge in [0.15, 0.2) is 17.8 Å². The van der Waals surface area contributed by atoms with Gasteiger partial charge >= 0.3 is 0 Å². The van der Waals surface area contributed by atoms with Crippen molar-refractivity contribution in [3.63, 3.8) is 0 Å². The van der Waals surface area contributed by atoms with Gasteiger partial charge < -0.3 is 9.73 Å². The van der Waals surface area contributed by atoms with Gasteiger partial charge in [-0.05, 0) is 36.4 Å². The number of amides is 1. The first kappa shape index (κ1) is 13.4. The van der Waals surface area contributed by atoms with Crippen molar-refractivity contribution in [3.8, 4) is 11.3 Å². The first-order chi connectivity index (χ1) is 10.2. The minimum atomic E-state index is -0.320. The van der Waals surface area contributed by atoms with Crippen molar-refractivity contribution in [2.24, 2.45) is 0 Å². The number of nitrogens with one attached hydrogen (secondary N) is 1. The topological polar surface area (TPSA) is 55.1 Å². The highest BCUT2D eigenvalue weighted by molar-refractivity contribution is 6.30. The predicted molar refractivity (Wildman–Crippen MR) is 81.3 cm³/mol. The zero-order chi connectivity index (χ0) is 14.7. The Labute approximate surface area is 126 Å². The molecule has 1 amide bonds. The van der Waals surface area contributed by atoms with E-state index >= 15 is 0 Å². The standard InChI is InChI=1S/C16H11ClN2O2/c17-12-8-6-11(7-9-12)15-14(18-10-21-15)16(20)19-13-4-2-1-3-5-13/h1-10H,(H,19,20). The second-order valence-electron chi connectivity index (χ2n) is 4.36. The average molecular weight is 299 g/mol. The van der Waals surface area contributed by atoms with Gasteiger partial charge in [-0.25, -0.2) is 4.98 Å². The molecule has 0 aliphatic heterocycles. The van der Waals surface area contributed by atoms with Crippen LogP contribution in [0.5, 0.6) is 0 Å². The van der Waals surface area contributed by atoms with E-state index in [2.05, 4.69) is 10.3 Å². The van der Waals surface area contributed by atoms with Gasteiger partial charge in [-0.1, -0.05) is 29.8 Å². The van der Waals surface area contributed by atoms with Crippen LogP contribution in [0.25, 0.3) is 11.3 Å². The Morgan fingerprint density at radius 1 is 1.05 bits per heavy atom. The summed E-state index contributed by atoms with van der Waals surface area (Å²) >= 11 is 5.86. The molecule has 3 aromatic rings. The number of para-hydroxylation sites is 1. The monoisotopic (exact) mass is 298 g/mol. The Bertz CT molecular complexity index is 751. The van der Waals surface area contributed by atoms with Crippen LogP contribution in [-0.2, 0) is 0 Å². The van der Waals surface area contributed by atoms with Crippen molar-refractivity contribution in [2.45, 2.75) is 0 Å². The largest absolute Gasteiger partial charge is 0.443 e. The molecule has 0 fully saturated rings. The fraction of sp³-hybridized carbons (Fsp3) is 0. The lowest BCUT2D eigenvalue weighted by Crippen LogP contribution is -2.13. The fourth-order valence-corrected chi connectivity index (χ4v) is 2.05. The Kier molecular flexibility index (Phi) is 3.71. The lowest BCUT2D eigenvalue weighted by molar-refractivity contribution is 0.102. The maximum absolute atomic E-state index is 12.3. The second kappa shape index (κ2) is 5.81. The normalized spacial score (nSPS) is 10.3. The molecule has 1 N–H and O–H groups in total. The van der Waals surface area contributed by atoms with Crippen molar-refractivity contribution in [2.75, 3.05) is 5.32 Å².